The Bertz CT molecular complexity index is 271. The van der Waals surface area contributed by atoms with E-state index in [0.717, 1.165) is 19.3 Å². The van der Waals surface area contributed by atoms with Gasteiger partial charge in [-0.3, -0.25) is 4.79 Å². The Hall–Kier alpha value is -1.32. The second kappa shape index (κ2) is 7.91. The number of hydrogen-bond acceptors (Lipinski definition) is 2. The smallest absolute Gasteiger partial charge is 0.326 e. The van der Waals surface area contributed by atoms with Gasteiger partial charge in [0.15, 0.2) is 0 Å². The van der Waals surface area contributed by atoms with Gasteiger partial charge in [-0.1, -0.05) is 32.3 Å². The fraction of sp³-hybridized carbons (Fsp3) is 0.667. The third kappa shape index (κ3) is 5.53. The van der Waals surface area contributed by atoms with Gasteiger partial charge in [0.1, 0.15) is 6.04 Å². The van der Waals surface area contributed by atoms with E-state index in [1.54, 1.807) is 19.9 Å². The predicted octanol–water partition coefficient (Wildman–Crippen LogP) is 2.10. The van der Waals surface area contributed by atoms with Crippen LogP contribution >= 0.6 is 0 Å². The lowest BCUT2D eigenvalue weighted by Crippen LogP contribution is -2.41. The summed E-state index contributed by atoms with van der Waals surface area (Å²) >= 11 is 0. The molecule has 1 amide bonds. The van der Waals surface area contributed by atoms with Crippen molar-refractivity contribution in [2.24, 2.45) is 0 Å². The molecule has 0 aliphatic heterocycles. The first-order chi connectivity index (χ1) is 7.52. The third-order valence-electron chi connectivity index (χ3n) is 2.49. The van der Waals surface area contributed by atoms with Crippen LogP contribution in [0.25, 0.3) is 0 Å². The lowest BCUT2D eigenvalue weighted by Gasteiger charge is -2.14. The maximum Gasteiger partial charge on any atom is 0.326 e. The van der Waals surface area contributed by atoms with Crippen LogP contribution in [-0.2, 0) is 9.59 Å². The van der Waals surface area contributed by atoms with Crippen molar-refractivity contribution in [2.45, 2.75) is 52.5 Å². The van der Waals surface area contributed by atoms with Gasteiger partial charge in [0.2, 0.25) is 5.91 Å². The van der Waals surface area contributed by atoms with Gasteiger partial charge in [0, 0.05) is 5.57 Å². The van der Waals surface area contributed by atoms with Gasteiger partial charge in [-0.2, -0.15) is 0 Å². The summed E-state index contributed by atoms with van der Waals surface area (Å²) in [6.07, 6.45) is 5.01. The highest BCUT2D eigenvalue weighted by atomic mass is 16.4. The van der Waals surface area contributed by atoms with Gasteiger partial charge in [-0.25, -0.2) is 4.79 Å². The Labute approximate surface area is 96.7 Å². The third-order valence-corrected chi connectivity index (χ3v) is 2.49. The van der Waals surface area contributed by atoms with E-state index < -0.39 is 12.0 Å². The molecular weight excluding hydrogens is 206 g/mol. The monoisotopic (exact) mass is 227 g/mol. The number of rotatable bonds is 7. The number of carboxylic acids is 1. The van der Waals surface area contributed by atoms with Crippen LogP contribution in [0.3, 0.4) is 0 Å². The molecule has 4 nitrogen and oxygen atoms in total. The number of amides is 1. The minimum Gasteiger partial charge on any atom is -0.480 e. The van der Waals surface area contributed by atoms with Crippen LogP contribution in [0.15, 0.2) is 11.6 Å². The highest BCUT2D eigenvalue weighted by Gasteiger charge is 2.19. The second-order valence-corrected chi connectivity index (χ2v) is 3.83. The van der Waals surface area contributed by atoms with Crippen molar-refractivity contribution in [2.75, 3.05) is 0 Å². The van der Waals surface area contributed by atoms with E-state index >= 15 is 0 Å². The molecule has 0 aromatic rings. The molecule has 0 fully saturated rings. The molecule has 0 saturated carbocycles. The summed E-state index contributed by atoms with van der Waals surface area (Å²) in [7, 11) is 0. The first-order valence-electron chi connectivity index (χ1n) is 5.69. The Morgan fingerprint density at radius 3 is 2.44 bits per heavy atom. The predicted molar refractivity (Wildman–Crippen MR) is 63.1 cm³/mol. The molecule has 16 heavy (non-hydrogen) atoms. The van der Waals surface area contributed by atoms with E-state index in [9.17, 15) is 9.59 Å². The second-order valence-electron chi connectivity index (χ2n) is 3.83. The molecule has 0 rings (SSSR count). The number of nitrogens with one attached hydrogen (secondary N) is 1. The van der Waals surface area contributed by atoms with Crippen molar-refractivity contribution >= 4 is 11.9 Å². The summed E-state index contributed by atoms with van der Waals surface area (Å²) in [5.41, 5.74) is 0.543. The van der Waals surface area contributed by atoms with Crippen LogP contribution in [0, 0.1) is 0 Å². The maximum absolute atomic E-state index is 11.5. The molecule has 0 heterocycles. The van der Waals surface area contributed by atoms with Crippen molar-refractivity contribution in [3.05, 3.63) is 11.6 Å². The maximum atomic E-state index is 11.5. The number of carboxylic acid groups (broad SMARTS) is 1. The zero-order valence-corrected chi connectivity index (χ0v) is 10.2. The molecule has 0 bridgehead atoms. The summed E-state index contributed by atoms with van der Waals surface area (Å²) in [4.78, 5) is 22.4. The molecule has 0 unspecified atom stereocenters. The summed E-state index contributed by atoms with van der Waals surface area (Å²) in [5.74, 6) is -1.26. The van der Waals surface area contributed by atoms with Crippen molar-refractivity contribution in [3.63, 3.8) is 0 Å². The number of carbonyl (C=O) groups is 2. The van der Waals surface area contributed by atoms with E-state index in [0.29, 0.717) is 12.0 Å². The quantitative estimate of drug-likeness (QED) is 0.517. The zero-order valence-electron chi connectivity index (χ0n) is 10.2. The Morgan fingerprint density at radius 2 is 2.00 bits per heavy atom. The van der Waals surface area contributed by atoms with Crippen LogP contribution in [0.4, 0.5) is 0 Å². The normalized spacial score (nSPS) is 13.3. The van der Waals surface area contributed by atoms with E-state index in [2.05, 4.69) is 12.2 Å². The van der Waals surface area contributed by atoms with Gasteiger partial charge in [-0.15, -0.1) is 0 Å². The van der Waals surface area contributed by atoms with Crippen LogP contribution < -0.4 is 5.32 Å². The van der Waals surface area contributed by atoms with Crippen LogP contribution in [0.1, 0.15) is 46.5 Å². The lowest BCUT2D eigenvalue weighted by molar-refractivity contribution is -0.141. The van der Waals surface area contributed by atoms with Gasteiger partial charge < -0.3 is 10.4 Å². The SMILES string of the molecule is C/C=C(\C)C(=O)N[C@H](CCCCC)C(=O)O. The molecule has 92 valence electrons. The minimum absolute atomic E-state index is 0.300. The summed E-state index contributed by atoms with van der Waals surface area (Å²) < 4.78 is 0. The Kier molecular flexibility index (Phi) is 7.25. The molecule has 2 N–H and O–H groups in total. The number of unbranched alkanes of at least 4 members (excludes halogenated alkanes) is 2. The first kappa shape index (κ1) is 14.7. The molecule has 1 atom stereocenters. The first-order valence-corrected chi connectivity index (χ1v) is 5.69. The highest BCUT2D eigenvalue weighted by molar-refractivity contribution is 5.95. The molecule has 4 heteroatoms. The van der Waals surface area contributed by atoms with Crippen molar-refractivity contribution in [3.8, 4) is 0 Å². The average molecular weight is 227 g/mol. The molecule has 0 radical (unpaired) electrons. The molecule has 0 aliphatic rings. The number of carbonyl (C=O) groups excluding carboxylic acids is 1. The average Bonchev–Trinajstić information content (AvgIpc) is 2.26. The van der Waals surface area contributed by atoms with Gasteiger partial charge in [0.25, 0.3) is 0 Å². The lowest BCUT2D eigenvalue weighted by atomic mass is 10.1. The van der Waals surface area contributed by atoms with Crippen LogP contribution in [-0.4, -0.2) is 23.0 Å². The summed E-state index contributed by atoms with van der Waals surface area (Å²) in [5, 5.41) is 11.5. The topological polar surface area (TPSA) is 66.4 Å². The van der Waals surface area contributed by atoms with Crippen LogP contribution in [0.2, 0.25) is 0 Å². The van der Waals surface area contributed by atoms with Gasteiger partial charge in [-0.05, 0) is 20.3 Å². The molecule has 0 saturated heterocycles. The summed E-state index contributed by atoms with van der Waals surface area (Å²) in [6, 6.07) is -0.769. The van der Waals surface area contributed by atoms with Crippen molar-refractivity contribution < 1.29 is 14.7 Å². The minimum atomic E-state index is -0.964. The van der Waals surface area contributed by atoms with E-state index in [1.165, 1.54) is 0 Å². The number of hydrogen-bond donors (Lipinski definition) is 2. The largest absolute Gasteiger partial charge is 0.480 e. The fourth-order valence-corrected chi connectivity index (χ4v) is 1.26. The van der Waals surface area contributed by atoms with E-state index in [1.807, 2.05) is 0 Å². The Morgan fingerprint density at radius 1 is 1.38 bits per heavy atom. The fourth-order valence-electron chi connectivity index (χ4n) is 1.26. The van der Waals surface area contributed by atoms with Crippen molar-refractivity contribution in [1.82, 2.24) is 5.32 Å². The van der Waals surface area contributed by atoms with Gasteiger partial charge >= 0.3 is 5.97 Å². The van der Waals surface area contributed by atoms with E-state index in [-0.39, 0.29) is 5.91 Å². The molecule has 0 aromatic heterocycles. The molecule has 0 spiro atoms. The molecular formula is C12H21NO3. The highest BCUT2D eigenvalue weighted by Crippen LogP contribution is 2.05. The number of aliphatic carboxylic acids is 1. The van der Waals surface area contributed by atoms with Gasteiger partial charge in [0.05, 0.1) is 0 Å². The number of allylic oxidation sites excluding steroid dienone is 1. The molecule has 0 aliphatic carbocycles. The van der Waals surface area contributed by atoms with Crippen LogP contribution in [0.5, 0.6) is 0 Å². The van der Waals surface area contributed by atoms with E-state index in [4.69, 9.17) is 5.11 Å². The molecule has 0 aromatic carbocycles. The van der Waals surface area contributed by atoms with Crippen molar-refractivity contribution in [1.29, 1.82) is 0 Å². The zero-order chi connectivity index (χ0) is 12.6. The standard InChI is InChI=1S/C12H21NO3/c1-4-6-7-8-10(12(15)16)13-11(14)9(3)5-2/h5,10H,4,6-8H2,1-3H3,(H,13,14)(H,15,16)/b9-5+/t10-/m1/s1. The summed E-state index contributed by atoms with van der Waals surface area (Å²) in [6.45, 7) is 5.47. The Balaban J connectivity index is 4.23.